The van der Waals surface area contributed by atoms with Gasteiger partial charge in [-0.15, -0.1) is 0 Å². The molecule has 6 heteroatoms. The fourth-order valence-corrected chi connectivity index (χ4v) is 4.00. The molecule has 29 heavy (non-hydrogen) atoms. The zero-order valence-corrected chi connectivity index (χ0v) is 16.3. The Kier molecular flexibility index (Phi) is 4.92. The average molecular weight is 384 g/mol. The number of hydrogen-bond acceptors (Lipinski definition) is 6. The lowest BCUT2D eigenvalue weighted by atomic mass is 10.1. The van der Waals surface area contributed by atoms with E-state index in [9.17, 15) is 0 Å². The number of anilines is 3. The maximum absolute atomic E-state index is 4.51. The smallest absolute Gasteiger partial charge is 0.135 e. The van der Waals surface area contributed by atoms with Gasteiger partial charge in [-0.1, -0.05) is 36.4 Å². The topological polar surface area (TPSA) is 57.2 Å². The van der Waals surface area contributed by atoms with Crippen molar-refractivity contribution >= 4 is 28.2 Å². The minimum Gasteiger partial charge on any atom is -0.354 e. The molecule has 1 atom stereocenters. The third-order valence-corrected chi connectivity index (χ3v) is 5.60. The van der Waals surface area contributed by atoms with Crippen molar-refractivity contribution in [2.45, 2.75) is 12.5 Å². The molecule has 1 saturated heterocycles. The van der Waals surface area contributed by atoms with Crippen molar-refractivity contribution in [1.29, 1.82) is 0 Å². The number of nitrogens with one attached hydrogen (secondary N) is 1. The van der Waals surface area contributed by atoms with Crippen LogP contribution in [0, 0.1) is 0 Å². The van der Waals surface area contributed by atoms with Crippen molar-refractivity contribution in [3.63, 3.8) is 0 Å². The fraction of sp³-hybridized carbons (Fsp3) is 0.261. The summed E-state index contributed by atoms with van der Waals surface area (Å²) in [5.74, 6) is 1.77. The molecule has 6 nitrogen and oxygen atoms in total. The summed E-state index contributed by atoms with van der Waals surface area (Å²) in [6.07, 6.45) is 13.4. The van der Waals surface area contributed by atoms with Crippen LogP contribution in [0.1, 0.15) is 6.42 Å². The van der Waals surface area contributed by atoms with Crippen molar-refractivity contribution in [3.05, 3.63) is 73.2 Å². The summed E-state index contributed by atoms with van der Waals surface area (Å²) >= 11 is 0. The van der Waals surface area contributed by atoms with Crippen LogP contribution >= 0.6 is 0 Å². The van der Waals surface area contributed by atoms with Crippen molar-refractivity contribution in [3.8, 4) is 0 Å². The number of nitrogens with zero attached hydrogens (tertiary/aromatic N) is 5. The molecule has 2 aromatic heterocycles. The van der Waals surface area contributed by atoms with Crippen molar-refractivity contribution in [1.82, 2.24) is 19.9 Å². The van der Waals surface area contributed by atoms with Gasteiger partial charge in [-0.3, -0.25) is 9.88 Å². The van der Waals surface area contributed by atoms with Gasteiger partial charge in [-0.2, -0.15) is 0 Å². The van der Waals surface area contributed by atoms with Gasteiger partial charge in [0.15, 0.2) is 0 Å². The van der Waals surface area contributed by atoms with Gasteiger partial charge in [0.05, 0.1) is 5.52 Å². The highest BCUT2D eigenvalue weighted by Crippen LogP contribution is 2.23. The van der Waals surface area contributed by atoms with E-state index in [1.54, 1.807) is 6.33 Å². The SMILES string of the molecule is C1=CCC(N2CCN(c3cc(Nc4ccc5cccnc5c4)ncn3)CC2)C=C1. The summed E-state index contributed by atoms with van der Waals surface area (Å²) in [5.41, 5.74) is 1.94. The van der Waals surface area contributed by atoms with E-state index >= 15 is 0 Å². The zero-order valence-electron chi connectivity index (χ0n) is 16.3. The molecule has 1 aliphatic carbocycles. The number of aromatic nitrogens is 3. The van der Waals surface area contributed by atoms with Gasteiger partial charge in [-0.25, -0.2) is 9.97 Å². The highest BCUT2D eigenvalue weighted by Gasteiger charge is 2.23. The van der Waals surface area contributed by atoms with Crippen molar-refractivity contribution < 1.29 is 0 Å². The third kappa shape index (κ3) is 3.98. The van der Waals surface area contributed by atoms with Gasteiger partial charge in [0, 0.05) is 55.6 Å². The van der Waals surface area contributed by atoms with E-state index in [2.05, 4.69) is 72.6 Å². The molecular formula is C23H24N6. The van der Waals surface area contributed by atoms with E-state index < -0.39 is 0 Å². The Morgan fingerprint density at radius 3 is 2.72 bits per heavy atom. The number of fused-ring (bicyclic) bond motifs is 1. The first kappa shape index (κ1) is 17.8. The number of hydrogen-bond donors (Lipinski definition) is 1. The average Bonchev–Trinajstić information content (AvgIpc) is 2.80. The largest absolute Gasteiger partial charge is 0.354 e. The summed E-state index contributed by atoms with van der Waals surface area (Å²) in [6, 6.07) is 12.7. The number of benzene rings is 1. The number of pyridine rings is 1. The van der Waals surface area contributed by atoms with Crippen molar-refractivity contribution in [2.75, 3.05) is 36.4 Å². The molecule has 1 aromatic carbocycles. The van der Waals surface area contributed by atoms with Crippen LogP contribution in [0.2, 0.25) is 0 Å². The lowest BCUT2D eigenvalue weighted by molar-refractivity contribution is 0.215. The summed E-state index contributed by atoms with van der Waals surface area (Å²) < 4.78 is 0. The number of allylic oxidation sites excluding steroid dienone is 2. The second-order valence-electron chi connectivity index (χ2n) is 7.44. The minimum atomic E-state index is 0.534. The van der Waals surface area contributed by atoms with E-state index in [4.69, 9.17) is 0 Å². The van der Waals surface area contributed by atoms with Gasteiger partial charge in [0.2, 0.25) is 0 Å². The van der Waals surface area contributed by atoms with Gasteiger partial charge >= 0.3 is 0 Å². The van der Waals surface area contributed by atoms with Crippen LogP contribution in [0.3, 0.4) is 0 Å². The van der Waals surface area contributed by atoms with Crippen LogP contribution in [0.5, 0.6) is 0 Å². The summed E-state index contributed by atoms with van der Waals surface area (Å²) in [4.78, 5) is 18.2. The molecule has 3 aromatic rings. The lowest BCUT2D eigenvalue weighted by Gasteiger charge is -2.39. The van der Waals surface area contributed by atoms with Gasteiger partial charge < -0.3 is 10.2 Å². The molecule has 0 amide bonds. The van der Waals surface area contributed by atoms with E-state index in [-0.39, 0.29) is 0 Å². The van der Waals surface area contributed by atoms with Crippen LogP contribution < -0.4 is 10.2 Å². The molecule has 1 aliphatic heterocycles. The van der Waals surface area contributed by atoms with Crippen LogP contribution in [-0.4, -0.2) is 52.1 Å². The first-order valence-corrected chi connectivity index (χ1v) is 10.1. The molecule has 0 radical (unpaired) electrons. The normalized spacial score (nSPS) is 19.6. The first-order chi connectivity index (χ1) is 14.3. The standard InChI is InChI=1S/C23H24N6/c1-2-6-20(7-3-1)28-11-13-29(14-12-28)23-16-22(25-17-26-23)27-19-9-8-18-5-4-10-24-21(18)15-19/h1-6,8-10,15-17,20H,7,11-14H2,(H,25,26,27). The Balaban J connectivity index is 1.26. The molecule has 3 heterocycles. The van der Waals surface area contributed by atoms with Crippen LogP contribution in [0.4, 0.5) is 17.3 Å². The molecule has 5 rings (SSSR count). The Bertz CT molecular complexity index is 1050. The highest BCUT2D eigenvalue weighted by atomic mass is 15.3. The first-order valence-electron chi connectivity index (χ1n) is 10.1. The van der Waals surface area contributed by atoms with Gasteiger partial charge in [-0.05, 0) is 24.6 Å². The lowest BCUT2D eigenvalue weighted by Crippen LogP contribution is -2.50. The second-order valence-corrected chi connectivity index (χ2v) is 7.44. The highest BCUT2D eigenvalue weighted by molar-refractivity contribution is 5.82. The predicted molar refractivity (Wildman–Crippen MR) is 118 cm³/mol. The number of piperazine rings is 1. The van der Waals surface area contributed by atoms with E-state index in [0.29, 0.717) is 6.04 Å². The fourth-order valence-electron chi connectivity index (χ4n) is 4.00. The number of rotatable bonds is 4. The van der Waals surface area contributed by atoms with Crippen molar-refractivity contribution in [2.24, 2.45) is 0 Å². The zero-order chi connectivity index (χ0) is 19.5. The Hall–Kier alpha value is -3.25. The summed E-state index contributed by atoms with van der Waals surface area (Å²) in [6.45, 7) is 4.05. The quantitative estimate of drug-likeness (QED) is 0.739. The van der Waals surface area contributed by atoms with E-state index in [0.717, 1.165) is 60.8 Å². The maximum atomic E-state index is 4.51. The van der Waals surface area contributed by atoms with Gasteiger partial charge in [0.1, 0.15) is 18.0 Å². The molecule has 146 valence electrons. The third-order valence-electron chi connectivity index (χ3n) is 5.60. The molecule has 0 saturated carbocycles. The summed E-state index contributed by atoms with van der Waals surface area (Å²) in [7, 11) is 0. The Morgan fingerprint density at radius 1 is 0.931 bits per heavy atom. The monoisotopic (exact) mass is 384 g/mol. The molecule has 1 unspecified atom stereocenters. The van der Waals surface area contributed by atoms with Crippen LogP contribution in [0.15, 0.2) is 73.2 Å². The Morgan fingerprint density at radius 2 is 1.86 bits per heavy atom. The van der Waals surface area contributed by atoms with E-state index in [1.807, 2.05) is 24.4 Å². The minimum absolute atomic E-state index is 0.534. The van der Waals surface area contributed by atoms with Crippen LogP contribution in [0.25, 0.3) is 10.9 Å². The molecule has 2 aliphatic rings. The molecule has 0 bridgehead atoms. The predicted octanol–water partition coefficient (Wildman–Crippen LogP) is 3.78. The summed E-state index contributed by atoms with van der Waals surface area (Å²) in [5, 5.41) is 4.52. The Labute approximate surface area is 170 Å². The second kappa shape index (κ2) is 8.01. The van der Waals surface area contributed by atoms with Gasteiger partial charge in [0.25, 0.3) is 0 Å². The molecule has 1 fully saturated rings. The molecular weight excluding hydrogens is 360 g/mol. The maximum Gasteiger partial charge on any atom is 0.135 e. The molecule has 0 spiro atoms. The molecule has 1 N–H and O–H groups in total. The van der Waals surface area contributed by atoms with Crippen LogP contribution in [-0.2, 0) is 0 Å². The van der Waals surface area contributed by atoms with E-state index in [1.165, 1.54) is 0 Å².